The molecule has 0 saturated heterocycles. The minimum Gasteiger partial charge on any atom is -0.443 e. The number of alkyl carbamates (subject to hydrolysis) is 1. The van der Waals surface area contributed by atoms with E-state index >= 15 is 0 Å². The quantitative estimate of drug-likeness (QED) is 0.585. The minimum atomic E-state index is -0.595. The van der Waals surface area contributed by atoms with E-state index in [0.717, 1.165) is 13.0 Å². The van der Waals surface area contributed by atoms with Gasteiger partial charge in [0.05, 0.1) is 12.2 Å². The molecule has 4 heterocycles. The number of carbonyl (C=O) groups excluding carboxylic acids is 2. The maximum absolute atomic E-state index is 13.1. The van der Waals surface area contributed by atoms with Gasteiger partial charge in [-0.25, -0.2) is 14.8 Å². The second kappa shape index (κ2) is 8.68. The van der Waals surface area contributed by atoms with E-state index in [0.29, 0.717) is 34.2 Å². The molecule has 3 aromatic heterocycles. The standard InChI is InChI=1S/C20H20ClN7O3/c1-3-7-27-11-23-26-18(27)14-5-4-6-17(25-14)28-9-13-12(19(28)29)8-16(21)24-15(13)10-31-20(30)22-2/h4-6,8,11H,3,7,9-10H2,1-2H3,(H,22,30). The molecule has 0 aromatic carbocycles. The fourth-order valence-corrected chi connectivity index (χ4v) is 3.61. The SMILES string of the molecule is CCCn1cnnc1-c1cccc(N2Cc3c(cc(Cl)nc3COC(=O)NC)C2=O)n1. The number of amides is 2. The number of carbonyl (C=O) groups is 2. The Morgan fingerprint density at radius 1 is 1.32 bits per heavy atom. The number of ether oxygens (including phenoxy) is 1. The van der Waals surface area contributed by atoms with Gasteiger partial charge in [-0.05, 0) is 24.6 Å². The highest BCUT2D eigenvalue weighted by atomic mass is 35.5. The Balaban J connectivity index is 1.65. The molecule has 0 fully saturated rings. The number of pyridine rings is 2. The van der Waals surface area contributed by atoms with E-state index in [9.17, 15) is 9.59 Å². The molecule has 0 saturated carbocycles. The monoisotopic (exact) mass is 441 g/mol. The first-order valence-corrected chi connectivity index (χ1v) is 10.1. The van der Waals surface area contributed by atoms with Crippen molar-refractivity contribution in [2.24, 2.45) is 0 Å². The van der Waals surface area contributed by atoms with Crippen molar-refractivity contribution < 1.29 is 14.3 Å². The van der Waals surface area contributed by atoms with Crippen LogP contribution in [0.2, 0.25) is 5.15 Å². The Morgan fingerprint density at radius 2 is 2.16 bits per heavy atom. The van der Waals surface area contributed by atoms with Crippen LogP contribution in [0.5, 0.6) is 0 Å². The van der Waals surface area contributed by atoms with Crippen LogP contribution in [0.15, 0.2) is 30.6 Å². The van der Waals surface area contributed by atoms with Crippen LogP contribution in [0.1, 0.15) is 35.0 Å². The number of hydrogen-bond acceptors (Lipinski definition) is 7. The number of aryl methyl sites for hydroxylation is 1. The highest BCUT2D eigenvalue weighted by molar-refractivity contribution is 6.30. The van der Waals surface area contributed by atoms with E-state index in [2.05, 4.69) is 32.4 Å². The number of halogens is 1. The van der Waals surface area contributed by atoms with Gasteiger partial charge >= 0.3 is 6.09 Å². The average Bonchev–Trinajstić information content (AvgIpc) is 3.37. The molecular formula is C20H20ClN7O3. The Hall–Kier alpha value is -3.53. The summed E-state index contributed by atoms with van der Waals surface area (Å²) in [6.45, 7) is 2.97. The van der Waals surface area contributed by atoms with Crippen molar-refractivity contribution in [3.63, 3.8) is 0 Å². The number of hydrogen-bond donors (Lipinski definition) is 1. The summed E-state index contributed by atoms with van der Waals surface area (Å²) in [5, 5.41) is 10.7. The van der Waals surface area contributed by atoms with Gasteiger partial charge in [0.25, 0.3) is 5.91 Å². The van der Waals surface area contributed by atoms with Gasteiger partial charge in [-0.1, -0.05) is 24.6 Å². The van der Waals surface area contributed by atoms with E-state index in [-0.39, 0.29) is 24.2 Å². The highest BCUT2D eigenvalue weighted by Gasteiger charge is 2.33. The first kappa shape index (κ1) is 20.7. The van der Waals surface area contributed by atoms with Crippen LogP contribution in [-0.2, 0) is 24.4 Å². The molecule has 0 bridgehead atoms. The van der Waals surface area contributed by atoms with Crippen molar-refractivity contribution in [2.45, 2.75) is 33.0 Å². The van der Waals surface area contributed by atoms with Crippen LogP contribution >= 0.6 is 11.6 Å². The van der Waals surface area contributed by atoms with Gasteiger partial charge in [-0.2, -0.15) is 0 Å². The molecule has 1 aliphatic heterocycles. The van der Waals surface area contributed by atoms with Gasteiger partial charge < -0.3 is 14.6 Å². The Morgan fingerprint density at radius 3 is 2.94 bits per heavy atom. The lowest BCUT2D eigenvalue weighted by Crippen LogP contribution is -2.24. The molecule has 0 atom stereocenters. The third-order valence-electron chi connectivity index (χ3n) is 4.83. The van der Waals surface area contributed by atoms with Gasteiger partial charge in [0, 0.05) is 24.7 Å². The Labute approximate surface area is 183 Å². The summed E-state index contributed by atoms with van der Waals surface area (Å²) in [6.07, 6.45) is 2.00. The number of rotatable bonds is 6. The van der Waals surface area contributed by atoms with E-state index < -0.39 is 6.09 Å². The Kier molecular flexibility index (Phi) is 5.81. The summed E-state index contributed by atoms with van der Waals surface area (Å²) in [5.74, 6) is 0.858. The van der Waals surface area contributed by atoms with Crippen LogP contribution in [0.25, 0.3) is 11.5 Å². The maximum Gasteiger partial charge on any atom is 0.407 e. The highest BCUT2D eigenvalue weighted by Crippen LogP contribution is 2.31. The van der Waals surface area contributed by atoms with E-state index in [4.69, 9.17) is 16.3 Å². The number of aromatic nitrogens is 5. The topological polar surface area (TPSA) is 115 Å². The predicted molar refractivity (Wildman–Crippen MR) is 113 cm³/mol. The molecule has 0 aliphatic carbocycles. The molecule has 4 rings (SSSR count). The van der Waals surface area contributed by atoms with Gasteiger partial charge in [0.1, 0.15) is 29.6 Å². The molecule has 1 aliphatic rings. The van der Waals surface area contributed by atoms with Gasteiger partial charge in [-0.3, -0.25) is 9.69 Å². The molecule has 3 aromatic rings. The van der Waals surface area contributed by atoms with Crippen molar-refractivity contribution in [1.82, 2.24) is 30.0 Å². The summed E-state index contributed by atoms with van der Waals surface area (Å²) in [5.41, 5.74) is 2.11. The summed E-state index contributed by atoms with van der Waals surface area (Å²) in [7, 11) is 1.46. The lowest BCUT2D eigenvalue weighted by molar-refractivity contribution is 0.0996. The molecular weight excluding hydrogens is 422 g/mol. The van der Waals surface area contributed by atoms with Crippen molar-refractivity contribution in [1.29, 1.82) is 0 Å². The molecule has 2 amide bonds. The maximum atomic E-state index is 13.1. The number of nitrogens with zero attached hydrogens (tertiary/aromatic N) is 6. The zero-order valence-electron chi connectivity index (χ0n) is 17.0. The first-order chi connectivity index (χ1) is 15.0. The van der Waals surface area contributed by atoms with Crippen molar-refractivity contribution in [2.75, 3.05) is 11.9 Å². The normalized spacial score (nSPS) is 12.7. The molecule has 1 N–H and O–H groups in total. The molecule has 11 heteroatoms. The van der Waals surface area contributed by atoms with Gasteiger partial charge in [0.15, 0.2) is 5.82 Å². The van der Waals surface area contributed by atoms with Gasteiger partial charge in [0.2, 0.25) is 0 Å². The zero-order valence-corrected chi connectivity index (χ0v) is 17.8. The van der Waals surface area contributed by atoms with Crippen molar-refractivity contribution >= 4 is 29.4 Å². The van der Waals surface area contributed by atoms with Crippen molar-refractivity contribution in [3.8, 4) is 11.5 Å². The van der Waals surface area contributed by atoms with E-state index in [1.807, 2.05) is 16.7 Å². The smallest absolute Gasteiger partial charge is 0.407 e. The average molecular weight is 442 g/mol. The molecule has 31 heavy (non-hydrogen) atoms. The van der Waals surface area contributed by atoms with Crippen LogP contribution in [-0.4, -0.2) is 43.8 Å². The largest absolute Gasteiger partial charge is 0.443 e. The number of fused-ring (bicyclic) bond motifs is 1. The molecule has 0 unspecified atom stereocenters. The molecule has 10 nitrogen and oxygen atoms in total. The van der Waals surface area contributed by atoms with Crippen LogP contribution in [0.4, 0.5) is 10.6 Å². The molecule has 0 spiro atoms. The minimum absolute atomic E-state index is 0.0999. The van der Waals surface area contributed by atoms with Crippen LogP contribution in [0.3, 0.4) is 0 Å². The number of anilines is 1. The lowest BCUT2D eigenvalue weighted by atomic mass is 10.1. The zero-order chi connectivity index (χ0) is 22.0. The van der Waals surface area contributed by atoms with Gasteiger partial charge in [-0.15, -0.1) is 10.2 Å². The summed E-state index contributed by atoms with van der Waals surface area (Å²) >= 11 is 6.11. The summed E-state index contributed by atoms with van der Waals surface area (Å²) in [4.78, 5) is 35.0. The summed E-state index contributed by atoms with van der Waals surface area (Å²) < 4.78 is 7.02. The third-order valence-corrected chi connectivity index (χ3v) is 5.03. The van der Waals surface area contributed by atoms with E-state index in [1.165, 1.54) is 18.0 Å². The summed E-state index contributed by atoms with van der Waals surface area (Å²) in [6, 6.07) is 6.92. The van der Waals surface area contributed by atoms with Crippen LogP contribution < -0.4 is 10.2 Å². The second-order valence-corrected chi connectivity index (χ2v) is 7.25. The van der Waals surface area contributed by atoms with Crippen molar-refractivity contribution in [3.05, 3.63) is 52.6 Å². The van der Waals surface area contributed by atoms with E-state index in [1.54, 1.807) is 12.4 Å². The first-order valence-electron chi connectivity index (χ1n) is 9.71. The fraction of sp³-hybridized carbons (Fsp3) is 0.300. The van der Waals surface area contributed by atoms with Crippen LogP contribution in [0, 0.1) is 0 Å². The third kappa shape index (κ3) is 4.06. The molecule has 160 valence electrons. The Bertz CT molecular complexity index is 1150. The predicted octanol–water partition coefficient (Wildman–Crippen LogP) is 2.81. The molecule has 0 radical (unpaired) electrons. The number of nitrogens with one attached hydrogen (secondary N) is 1. The fourth-order valence-electron chi connectivity index (χ4n) is 3.40. The lowest BCUT2D eigenvalue weighted by Gasteiger charge is -2.15. The second-order valence-electron chi connectivity index (χ2n) is 6.86.